The molecule has 0 aliphatic rings. The topological polar surface area (TPSA) is 71.3 Å². The van der Waals surface area contributed by atoms with Crippen molar-refractivity contribution in [1.82, 2.24) is 5.32 Å². The van der Waals surface area contributed by atoms with Gasteiger partial charge < -0.3 is 15.1 Å². The Kier molecular flexibility index (Phi) is 4.78. The number of furan rings is 1. The number of benzene rings is 1. The zero-order valence-corrected chi connectivity index (χ0v) is 11.3. The number of hydrogen-bond acceptors (Lipinski definition) is 3. The number of terminal acetylenes is 1. The van der Waals surface area contributed by atoms with Crippen LogP contribution in [0.5, 0.6) is 0 Å². The molecule has 2 N–H and O–H groups in total. The molecule has 0 saturated heterocycles. The van der Waals surface area contributed by atoms with Crippen molar-refractivity contribution in [3.8, 4) is 12.3 Å². The molecule has 2 amide bonds. The molecule has 0 radical (unpaired) electrons. The van der Waals surface area contributed by atoms with E-state index in [9.17, 15) is 9.59 Å². The first-order chi connectivity index (χ1) is 10.2. The van der Waals surface area contributed by atoms with Crippen LogP contribution in [-0.2, 0) is 4.79 Å². The predicted molar refractivity (Wildman–Crippen MR) is 78.7 cm³/mol. The van der Waals surface area contributed by atoms with E-state index < -0.39 is 0 Å². The molecule has 0 saturated carbocycles. The first kappa shape index (κ1) is 14.4. The predicted octanol–water partition coefficient (Wildman–Crippen LogP) is 2.02. The van der Waals surface area contributed by atoms with Gasteiger partial charge in [0.1, 0.15) is 0 Å². The molecule has 5 heteroatoms. The van der Waals surface area contributed by atoms with E-state index in [1.54, 1.807) is 36.4 Å². The molecule has 2 aromatic rings. The molecule has 0 spiro atoms. The molecule has 1 aromatic heterocycles. The monoisotopic (exact) mass is 282 g/mol. The van der Waals surface area contributed by atoms with Crippen LogP contribution in [-0.4, -0.2) is 18.4 Å². The molecule has 0 aliphatic heterocycles. The van der Waals surface area contributed by atoms with E-state index in [2.05, 4.69) is 16.6 Å². The van der Waals surface area contributed by atoms with Crippen LogP contribution in [0.2, 0.25) is 0 Å². The molecule has 106 valence electrons. The van der Waals surface area contributed by atoms with Gasteiger partial charge in [0.2, 0.25) is 5.91 Å². The first-order valence-corrected chi connectivity index (χ1v) is 6.37. The molecular formula is C16H14N2O3. The average molecular weight is 282 g/mol. The molecule has 0 unspecified atom stereocenters. The SMILES string of the molecule is C#Cc1cccc(NC(=O)CCNC(=O)c2ccco2)c1. The van der Waals surface area contributed by atoms with Crippen molar-refractivity contribution in [3.05, 3.63) is 54.0 Å². The molecule has 5 nitrogen and oxygen atoms in total. The molecule has 0 bridgehead atoms. The van der Waals surface area contributed by atoms with Crippen molar-refractivity contribution in [2.45, 2.75) is 6.42 Å². The minimum Gasteiger partial charge on any atom is -0.459 e. The van der Waals surface area contributed by atoms with Crippen molar-refractivity contribution in [1.29, 1.82) is 0 Å². The Morgan fingerprint density at radius 2 is 2.10 bits per heavy atom. The molecule has 0 atom stereocenters. The van der Waals surface area contributed by atoms with Gasteiger partial charge in [-0.3, -0.25) is 9.59 Å². The Morgan fingerprint density at radius 1 is 1.24 bits per heavy atom. The lowest BCUT2D eigenvalue weighted by atomic mass is 10.2. The lowest BCUT2D eigenvalue weighted by Gasteiger charge is -2.06. The number of rotatable bonds is 5. The van der Waals surface area contributed by atoms with E-state index in [1.165, 1.54) is 6.26 Å². The Labute approximate surface area is 122 Å². The fraction of sp³-hybridized carbons (Fsp3) is 0.125. The fourth-order valence-corrected chi connectivity index (χ4v) is 1.69. The number of amides is 2. The Morgan fingerprint density at radius 3 is 2.81 bits per heavy atom. The smallest absolute Gasteiger partial charge is 0.286 e. The third-order valence-corrected chi connectivity index (χ3v) is 2.70. The summed E-state index contributed by atoms with van der Waals surface area (Å²) in [7, 11) is 0. The number of anilines is 1. The third-order valence-electron chi connectivity index (χ3n) is 2.70. The molecule has 21 heavy (non-hydrogen) atoms. The average Bonchev–Trinajstić information content (AvgIpc) is 3.01. The summed E-state index contributed by atoms with van der Waals surface area (Å²) < 4.78 is 4.94. The Hall–Kier alpha value is -3.00. The van der Waals surface area contributed by atoms with Crippen LogP contribution in [0.15, 0.2) is 47.1 Å². The van der Waals surface area contributed by atoms with Crippen molar-refractivity contribution in [2.75, 3.05) is 11.9 Å². The van der Waals surface area contributed by atoms with Crippen molar-refractivity contribution in [2.24, 2.45) is 0 Å². The van der Waals surface area contributed by atoms with Crippen LogP contribution >= 0.6 is 0 Å². The molecule has 1 heterocycles. The van der Waals surface area contributed by atoms with Crippen molar-refractivity contribution in [3.63, 3.8) is 0 Å². The van der Waals surface area contributed by atoms with E-state index in [0.717, 1.165) is 0 Å². The summed E-state index contributed by atoms with van der Waals surface area (Å²) in [6.45, 7) is 0.222. The van der Waals surface area contributed by atoms with Crippen LogP contribution in [0.3, 0.4) is 0 Å². The molecule has 1 aromatic carbocycles. The minimum absolute atomic E-state index is 0.159. The van der Waals surface area contributed by atoms with E-state index in [4.69, 9.17) is 10.8 Å². The maximum absolute atomic E-state index is 11.7. The van der Waals surface area contributed by atoms with E-state index in [-0.39, 0.29) is 30.5 Å². The second-order valence-corrected chi connectivity index (χ2v) is 4.26. The fourth-order valence-electron chi connectivity index (χ4n) is 1.69. The zero-order valence-electron chi connectivity index (χ0n) is 11.3. The second-order valence-electron chi connectivity index (χ2n) is 4.26. The van der Waals surface area contributed by atoms with E-state index >= 15 is 0 Å². The number of carbonyl (C=O) groups excluding carboxylic acids is 2. The van der Waals surface area contributed by atoms with Gasteiger partial charge in [-0.1, -0.05) is 12.0 Å². The number of nitrogens with one attached hydrogen (secondary N) is 2. The van der Waals surface area contributed by atoms with Gasteiger partial charge in [0.25, 0.3) is 5.91 Å². The third kappa shape index (κ3) is 4.25. The molecule has 0 fully saturated rings. The van der Waals surface area contributed by atoms with Gasteiger partial charge in [-0.25, -0.2) is 0 Å². The van der Waals surface area contributed by atoms with Gasteiger partial charge >= 0.3 is 0 Å². The highest BCUT2D eigenvalue weighted by Gasteiger charge is 2.08. The zero-order chi connectivity index (χ0) is 15.1. The second kappa shape index (κ2) is 6.96. The largest absolute Gasteiger partial charge is 0.459 e. The van der Waals surface area contributed by atoms with Crippen molar-refractivity contribution < 1.29 is 14.0 Å². The summed E-state index contributed by atoms with van der Waals surface area (Å²) in [5, 5.41) is 5.31. The number of hydrogen-bond donors (Lipinski definition) is 2. The first-order valence-electron chi connectivity index (χ1n) is 6.37. The van der Waals surface area contributed by atoms with Crippen molar-refractivity contribution >= 4 is 17.5 Å². The van der Waals surface area contributed by atoms with Crippen LogP contribution < -0.4 is 10.6 Å². The van der Waals surface area contributed by atoms with Gasteiger partial charge in [-0.2, -0.15) is 0 Å². The quantitative estimate of drug-likeness (QED) is 0.824. The maximum atomic E-state index is 11.7. The molecule has 2 rings (SSSR count). The highest BCUT2D eigenvalue weighted by molar-refractivity contribution is 5.93. The van der Waals surface area contributed by atoms with Gasteiger partial charge in [0.15, 0.2) is 5.76 Å². The van der Waals surface area contributed by atoms with E-state index in [0.29, 0.717) is 11.3 Å². The van der Waals surface area contributed by atoms with Gasteiger partial charge in [-0.15, -0.1) is 6.42 Å². The lowest BCUT2D eigenvalue weighted by Crippen LogP contribution is -2.27. The minimum atomic E-state index is -0.345. The summed E-state index contributed by atoms with van der Waals surface area (Å²) >= 11 is 0. The number of carbonyl (C=O) groups is 2. The maximum Gasteiger partial charge on any atom is 0.286 e. The van der Waals surface area contributed by atoms with Crippen LogP contribution in [0.1, 0.15) is 22.5 Å². The molecular weight excluding hydrogens is 268 g/mol. The summed E-state index contributed by atoms with van der Waals surface area (Å²) in [5.41, 5.74) is 1.33. The summed E-state index contributed by atoms with van der Waals surface area (Å²) in [6.07, 6.45) is 6.87. The van der Waals surface area contributed by atoms with Gasteiger partial charge in [0, 0.05) is 24.2 Å². The van der Waals surface area contributed by atoms with Crippen LogP contribution in [0.4, 0.5) is 5.69 Å². The highest BCUT2D eigenvalue weighted by Crippen LogP contribution is 2.09. The standard InChI is InChI=1S/C16H14N2O3/c1-2-12-5-3-6-13(11-12)18-15(19)8-9-17-16(20)14-7-4-10-21-14/h1,3-7,10-11H,8-9H2,(H,17,20)(H,18,19). The van der Waals surface area contributed by atoms with E-state index in [1.807, 2.05) is 0 Å². The summed E-state index contributed by atoms with van der Waals surface area (Å²) in [6, 6.07) is 10.2. The Bertz CT molecular complexity index is 669. The summed E-state index contributed by atoms with van der Waals surface area (Å²) in [4.78, 5) is 23.3. The normalized spacial score (nSPS) is 9.67. The van der Waals surface area contributed by atoms with Gasteiger partial charge in [0.05, 0.1) is 6.26 Å². The van der Waals surface area contributed by atoms with Crippen LogP contribution in [0.25, 0.3) is 0 Å². The Balaban J connectivity index is 1.77. The lowest BCUT2D eigenvalue weighted by molar-refractivity contribution is -0.116. The molecule has 0 aliphatic carbocycles. The highest BCUT2D eigenvalue weighted by atomic mass is 16.3. The van der Waals surface area contributed by atoms with Gasteiger partial charge in [-0.05, 0) is 30.3 Å². The summed E-state index contributed by atoms with van der Waals surface area (Å²) in [5.74, 6) is 2.17. The van der Waals surface area contributed by atoms with Crippen LogP contribution in [0, 0.1) is 12.3 Å².